The Bertz CT molecular complexity index is 341. The average molecular weight is 238 g/mol. The van der Waals surface area contributed by atoms with Crippen molar-refractivity contribution >= 4 is 0 Å². The van der Waals surface area contributed by atoms with E-state index in [0.717, 1.165) is 13.1 Å². The van der Waals surface area contributed by atoms with E-state index in [1.54, 1.807) is 0 Å². The van der Waals surface area contributed by atoms with Crippen molar-refractivity contribution in [2.45, 2.75) is 33.4 Å². The van der Waals surface area contributed by atoms with Crippen LogP contribution >= 0.6 is 0 Å². The summed E-state index contributed by atoms with van der Waals surface area (Å²) in [5, 5.41) is 7.89. The number of hydrogen-bond acceptors (Lipinski definition) is 3. The molecule has 1 rings (SSSR count). The molecule has 0 saturated carbocycles. The molecule has 17 heavy (non-hydrogen) atoms. The number of aromatic nitrogens is 2. The highest BCUT2D eigenvalue weighted by Crippen LogP contribution is 2.08. The van der Waals surface area contributed by atoms with Crippen LogP contribution in [0, 0.1) is 12.8 Å². The molecule has 1 unspecified atom stereocenters. The van der Waals surface area contributed by atoms with Gasteiger partial charge in [-0.15, -0.1) is 0 Å². The summed E-state index contributed by atoms with van der Waals surface area (Å²) in [6, 6.07) is 0.518. The van der Waals surface area contributed by atoms with E-state index in [0.29, 0.717) is 12.0 Å². The van der Waals surface area contributed by atoms with Crippen LogP contribution in [0.3, 0.4) is 0 Å². The highest BCUT2D eigenvalue weighted by Gasteiger charge is 2.14. The molecule has 0 aliphatic heterocycles. The summed E-state index contributed by atoms with van der Waals surface area (Å²) in [5.74, 6) is 0.634. The van der Waals surface area contributed by atoms with Gasteiger partial charge in [0.1, 0.15) is 0 Å². The van der Waals surface area contributed by atoms with Gasteiger partial charge >= 0.3 is 0 Å². The van der Waals surface area contributed by atoms with Crippen LogP contribution in [-0.4, -0.2) is 41.4 Å². The number of likely N-dealkylation sites (N-methyl/N-ethyl adjacent to an activating group) is 1. The van der Waals surface area contributed by atoms with E-state index < -0.39 is 0 Å². The maximum absolute atomic E-state index is 4.27. The van der Waals surface area contributed by atoms with Gasteiger partial charge in [0.2, 0.25) is 0 Å². The Kier molecular flexibility index (Phi) is 5.15. The Morgan fingerprint density at radius 3 is 2.47 bits per heavy atom. The van der Waals surface area contributed by atoms with Crippen molar-refractivity contribution < 1.29 is 0 Å². The second-order valence-corrected chi connectivity index (χ2v) is 5.37. The lowest BCUT2D eigenvalue weighted by Crippen LogP contribution is -2.41. The monoisotopic (exact) mass is 238 g/mol. The molecular formula is C13H26N4. The second-order valence-electron chi connectivity index (χ2n) is 5.37. The van der Waals surface area contributed by atoms with Crippen molar-refractivity contribution in [2.24, 2.45) is 13.0 Å². The van der Waals surface area contributed by atoms with Gasteiger partial charge in [0, 0.05) is 37.4 Å². The topological polar surface area (TPSA) is 33.1 Å². The summed E-state index contributed by atoms with van der Waals surface area (Å²) in [6.45, 7) is 8.60. The molecule has 1 aromatic heterocycles. The smallest absolute Gasteiger partial charge is 0.0537 e. The molecule has 1 atom stereocenters. The van der Waals surface area contributed by atoms with Gasteiger partial charge in [0.05, 0.1) is 6.20 Å². The molecular weight excluding hydrogens is 212 g/mol. The molecule has 0 aliphatic rings. The lowest BCUT2D eigenvalue weighted by Gasteiger charge is -2.25. The highest BCUT2D eigenvalue weighted by molar-refractivity contribution is 5.15. The van der Waals surface area contributed by atoms with Gasteiger partial charge in [-0.1, -0.05) is 13.8 Å². The Labute approximate surface area is 105 Å². The number of hydrogen-bond donors (Lipinski definition) is 1. The van der Waals surface area contributed by atoms with Gasteiger partial charge in [-0.3, -0.25) is 4.68 Å². The Hall–Kier alpha value is -0.870. The highest BCUT2D eigenvalue weighted by atomic mass is 15.3. The molecule has 1 aromatic rings. The van der Waals surface area contributed by atoms with Crippen molar-refractivity contribution in [3.63, 3.8) is 0 Å². The van der Waals surface area contributed by atoms with Crippen molar-refractivity contribution in [1.82, 2.24) is 20.0 Å². The molecule has 0 aliphatic carbocycles. The zero-order chi connectivity index (χ0) is 13.0. The molecule has 98 valence electrons. The minimum Gasteiger partial charge on any atom is -0.308 e. The van der Waals surface area contributed by atoms with E-state index in [1.165, 1.54) is 11.3 Å². The zero-order valence-electron chi connectivity index (χ0n) is 12.0. The van der Waals surface area contributed by atoms with Crippen LogP contribution in [0.4, 0.5) is 0 Å². The van der Waals surface area contributed by atoms with Gasteiger partial charge in [-0.05, 0) is 26.9 Å². The van der Waals surface area contributed by atoms with E-state index in [2.05, 4.69) is 50.2 Å². The largest absolute Gasteiger partial charge is 0.308 e. The normalized spacial score (nSPS) is 13.6. The van der Waals surface area contributed by atoms with E-state index in [9.17, 15) is 0 Å². The molecule has 0 radical (unpaired) electrons. The Morgan fingerprint density at radius 1 is 1.41 bits per heavy atom. The van der Waals surface area contributed by atoms with Crippen molar-refractivity contribution in [3.8, 4) is 0 Å². The van der Waals surface area contributed by atoms with Crippen molar-refractivity contribution in [3.05, 3.63) is 17.5 Å². The van der Waals surface area contributed by atoms with Crippen LogP contribution < -0.4 is 5.32 Å². The van der Waals surface area contributed by atoms with Crippen LogP contribution in [0.1, 0.15) is 25.1 Å². The minimum absolute atomic E-state index is 0.518. The first-order chi connectivity index (χ1) is 7.91. The van der Waals surface area contributed by atoms with Crippen LogP contribution in [0.15, 0.2) is 6.20 Å². The summed E-state index contributed by atoms with van der Waals surface area (Å²) in [4.78, 5) is 2.23. The van der Waals surface area contributed by atoms with Gasteiger partial charge in [0.25, 0.3) is 0 Å². The third kappa shape index (κ3) is 4.13. The van der Waals surface area contributed by atoms with E-state index in [-0.39, 0.29) is 0 Å². The first kappa shape index (κ1) is 14.2. The lowest BCUT2D eigenvalue weighted by atomic mass is 10.0. The summed E-state index contributed by atoms with van der Waals surface area (Å²) in [5.41, 5.74) is 2.53. The maximum Gasteiger partial charge on any atom is 0.0537 e. The van der Waals surface area contributed by atoms with E-state index >= 15 is 0 Å². The predicted octanol–water partition coefficient (Wildman–Crippen LogP) is 1.40. The van der Waals surface area contributed by atoms with Crippen molar-refractivity contribution in [1.29, 1.82) is 0 Å². The summed E-state index contributed by atoms with van der Waals surface area (Å²) >= 11 is 0. The molecule has 0 amide bonds. The second kappa shape index (κ2) is 6.17. The summed E-state index contributed by atoms with van der Waals surface area (Å²) in [7, 11) is 6.22. The fraction of sp³-hybridized carbons (Fsp3) is 0.769. The molecule has 4 nitrogen and oxygen atoms in total. The Balaban J connectivity index is 2.55. The SMILES string of the molecule is Cc1c(CNC(CN(C)C)C(C)C)cnn1C. The van der Waals surface area contributed by atoms with E-state index in [4.69, 9.17) is 0 Å². The van der Waals surface area contributed by atoms with Crippen LogP contribution in [0.2, 0.25) is 0 Å². The van der Waals surface area contributed by atoms with Gasteiger partial charge in [0.15, 0.2) is 0 Å². The quantitative estimate of drug-likeness (QED) is 0.813. The van der Waals surface area contributed by atoms with E-state index in [1.807, 2.05) is 17.9 Å². The molecule has 0 saturated heterocycles. The van der Waals surface area contributed by atoms with Crippen LogP contribution in [0.25, 0.3) is 0 Å². The van der Waals surface area contributed by atoms with Crippen molar-refractivity contribution in [2.75, 3.05) is 20.6 Å². The zero-order valence-corrected chi connectivity index (χ0v) is 12.0. The third-order valence-corrected chi connectivity index (χ3v) is 3.26. The lowest BCUT2D eigenvalue weighted by molar-refractivity contribution is 0.288. The number of aryl methyl sites for hydroxylation is 1. The third-order valence-electron chi connectivity index (χ3n) is 3.26. The van der Waals surface area contributed by atoms with Gasteiger partial charge in [-0.2, -0.15) is 5.10 Å². The first-order valence-corrected chi connectivity index (χ1v) is 6.27. The molecule has 0 spiro atoms. The maximum atomic E-state index is 4.27. The molecule has 0 bridgehead atoms. The minimum atomic E-state index is 0.518. The first-order valence-electron chi connectivity index (χ1n) is 6.27. The molecule has 0 fully saturated rings. The average Bonchev–Trinajstić information content (AvgIpc) is 2.54. The summed E-state index contributed by atoms with van der Waals surface area (Å²) in [6.07, 6.45) is 1.95. The molecule has 1 N–H and O–H groups in total. The Morgan fingerprint density at radius 2 is 2.06 bits per heavy atom. The number of nitrogens with one attached hydrogen (secondary N) is 1. The fourth-order valence-corrected chi connectivity index (χ4v) is 1.86. The molecule has 1 heterocycles. The van der Waals surface area contributed by atoms with Crippen LogP contribution in [-0.2, 0) is 13.6 Å². The summed E-state index contributed by atoms with van der Waals surface area (Å²) < 4.78 is 1.92. The molecule has 0 aromatic carbocycles. The molecule has 4 heteroatoms. The van der Waals surface area contributed by atoms with Gasteiger partial charge in [-0.25, -0.2) is 0 Å². The fourth-order valence-electron chi connectivity index (χ4n) is 1.86. The standard InChI is InChI=1S/C13H26N4/c1-10(2)13(9-16(4)5)14-7-12-8-15-17(6)11(12)3/h8,10,13-14H,7,9H2,1-6H3. The number of rotatable bonds is 6. The number of nitrogens with zero attached hydrogens (tertiary/aromatic N) is 3. The van der Waals surface area contributed by atoms with Crippen LogP contribution in [0.5, 0.6) is 0 Å². The van der Waals surface area contributed by atoms with Gasteiger partial charge < -0.3 is 10.2 Å². The predicted molar refractivity (Wildman–Crippen MR) is 72.0 cm³/mol.